The number of carbonyl (C=O) groups is 4. The van der Waals surface area contributed by atoms with Gasteiger partial charge in [0.1, 0.15) is 5.82 Å². The first-order chi connectivity index (χ1) is 14.9. The highest BCUT2D eigenvalue weighted by Gasteiger charge is 2.34. The van der Waals surface area contributed by atoms with Crippen LogP contribution in [-0.4, -0.2) is 47.5 Å². The standard InChI is InChI=1S/C22H20FN3O4S/c23-17-8-6-16(7-9-17)12-18-21(29)26(22(30)31-18)11-10-24-20(28)14-25-19(27)13-15-4-2-1-3-5-15/h1-9,12H,10-11,13-14H2,(H,24,28)(H,25,27)/b18-12-. The monoisotopic (exact) mass is 441 g/mol. The van der Waals surface area contributed by atoms with Crippen LogP contribution in [0.4, 0.5) is 9.18 Å². The predicted molar refractivity (Wildman–Crippen MR) is 115 cm³/mol. The van der Waals surface area contributed by atoms with Gasteiger partial charge in [-0.05, 0) is 41.1 Å². The Kier molecular flexibility index (Phi) is 7.55. The molecule has 160 valence electrons. The van der Waals surface area contributed by atoms with Gasteiger partial charge in [-0.1, -0.05) is 42.5 Å². The van der Waals surface area contributed by atoms with E-state index in [0.29, 0.717) is 5.56 Å². The first-order valence-corrected chi connectivity index (χ1v) is 10.3. The lowest BCUT2D eigenvalue weighted by Gasteiger charge is -2.13. The average Bonchev–Trinajstić information content (AvgIpc) is 3.02. The van der Waals surface area contributed by atoms with Crippen LogP contribution in [0.3, 0.4) is 0 Å². The summed E-state index contributed by atoms with van der Waals surface area (Å²) in [5.41, 5.74) is 1.44. The second kappa shape index (κ2) is 10.5. The number of amides is 4. The Hall–Kier alpha value is -3.46. The number of halogens is 1. The number of hydrogen-bond donors (Lipinski definition) is 2. The smallest absolute Gasteiger partial charge is 0.293 e. The topological polar surface area (TPSA) is 95.6 Å². The molecular formula is C22H20FN3O4S. The minimum absolute atomic E-state index is 0.00905. The first kappa shape index (κ1) is 22.2. The number of thioether (sulfide) groups is 1. The van der Waals surface area contributed by atoms with Crippen LogP contribution in [0.2, 0.25) is 0 Å². The predicted octanol–water partition coefficient (Wildman–Crippen LogP) is 2.34. The van der Waals surface area contributed by atoms with E-state index in [9.17, 15) is 23.6 Å². The maximum atomic E-state index is 13.0. The molecule has 0 saturated carbocycles. The highest BCUT2D eigenvalue weighted by Crippen LogP contribution is 2.31. The molecule has 1 heterocycles. The number of hydrogen-bond acceptors (Lipinski definition) is 5. The van der Waals surface area contributed by atoms with Crippen molar-refractivity contribution in [2.45, 2.75) is 6.42 Å². The molecule has 2 aromatic carbocycles. The summed E-state index contributed by atoms with van der Waals surface area (Å²) in [5, 5.41) is 4.66. The highest BCUT2D eigenvalue weighted by atomic mass is 32.2. The maximum Gasteiger partial charge on any atom is 0.293 e. The van der Waals surface area contributed by atoms with Gasteiger partial charge in [0.25, 0.3) is 11.1 Å². The van der Waals surface area contributed by atoms with Crippen LogP contribution in [0.5, 0.6) is 0 Å². The molecule has 0 spiro atoms. The zero-order valence-corrected chi connectivity index (χ0v) is 17.3. The van der Waals surface area contributed by atoms with E-state index in [1.54, 1.807) is 0 Å². The minimum atomic E-state index is -0.468. The molecule has 9 heteroatoms. The molecule has 1 aliphatic rings. The molecule has 31 heavy (non-hydrogen) atoms. The molecule has 1 aliphatic heterocycles. The molecule has 1 saturated heterocycles. The Balaban J connectivity index is 1.42. The largest absolute Gasteiger partial charge is 0.353 e. The van der Waals surface area contributed by atoms with Crippen LogP contribution in [0, 0.1) is 5.82 Å². The van der Waals surface area contributed by atoms with Crippen molar-refractivity contribution in [1.82, 2.24) is 15.5 Å². The number of nitrogens with zero attached hydrogens (tertiary/aromatic N) is 1. The number of carbonyl (C=O) groups excluding carboxylic acids is 4. The molecule has 1 fully saturated rings. The lowest BCUT2D eigenvalue weighted by molar-refractivity contribution is -0.126. The second-order valence-electron chi connectivity index (χ2n) is 6.67. The summed E-state index contributed by atoms with van der Waals surface area (Å²) in [5.74, 6) is -1.56. The Morgan fingerprint density at radius 1 is 0.968 bits per heavy atom. The summed E-state index contributed by atoms with van der Waals surface area (Å²) in [6.07, 6.45) is 1.69. The van der Waals surface area contributed by atoms with Gasteiger partial charge >= 0.3 is 0 Å². The molecule has 7 nitrogen and oxygen atoms in total. The minimum Gasteiger partial charge on any atom is -0.353 e. The Morgan fingerprint density at radius 3 is 2.39 bits per heavy atom. The molecule has 2 aromatic rings. The van der Waals surface area contributed by atoms with Gasteiger partial charge in [-0.3, -0.25) is 24.1 Å². The number of nitrogens with one attached hydrogen (secondary N) is 2. The van der Waals surface area contributed by atoms with Gasteiger partial charge in [-0.25, -0.2) is 4.39 Å². The van der Waals surface area contributed by atoms with Gasteiger partial charge in [0.15, 0.2) is 0 Å². The molecule has 0 radical (unpaired) electrons. The van der Waals surface area contributed by atoms with E-state index in [4.69, 9.17) is 0 Å². The highest BCUT2D eigenvalue weighted by molar-refractivity contribution is 8.18. The summed E-state index contributed by atoms with van der Waals surface area (Å²) in [6.45, 7) is -0.123. The molecule has 0 aliphatic carbocycles. The molecule has 0 aromatic heterocycles. The summed E-state index contributed by atoms with van der Waals surface area (Å²) in [7, 11) is 0. The molecule has 0 unspecified atom stereocenters. The fourth-order valence-corrected chi connectivity index (χ4v) is 3.66. The van der Waals surface area contributed by atoms with E-state index in [0.717, 1.165) is 22.2 Å². The third-order valence-corrected chi connectivity index (χ3v) is 5.26. The van der Waals surface area contributed by atoms with E-state index < -0.39 is 22.9 Å². The molecule has 0 bridgehead atoms. The van der Waals surface area contributed by atoms with Gasteiger partial charge in [0.05, 0.1) is 17.9 Å². The Bertz CT molecular complexity index is 1010. The molecule has 3 rings (SSSR count). The summed E-state index contributed by atoms with van der Waals surface area (Å²) < 4.78 is 13.0. The molecule has 2 N–H and O–H groups in total. The van der Waals surface area contributed by atoms with Gasteiger partial charge in [-0.15, -0.1) is 0 Å². The van der Waals surface area contributed by atoms with Crippen molar-refractivity contribution in [2.75, 3.05) is 19.6 Å². The van der Waals surface area contributed by atoms with E-state index in [-0.39, 0.29) is 36.9 Å². The van der Waals surface area contributed by atoms with Gasteiger partial charge < -0.3 is 10.6 Å². The van der Waals surface area contributed by atoms with E-state index >= 15 is 0 Å². The lowest BCUT2D eigenvalue weighted by atomic mass is 10.1. The quantitative estimate of drug-likeness (QED) is 0.613. The number of benzene rings is 2. The number of rotatable bonds is 8. The van der Waals surface area contributed by atoms with Crippen LogP contribution < -0.4 is 10.6 Å². The van der Waals surface area contributed by atoms with Crippen molar-refractivity contribution < 1.29 is 23.6 Å². The Labute approximate surface area is 182 Å². The van der Waals surface area contributed by atoms with Gasteiger partial charge in [0, 0.05) is 13.1 Å². The maximum absolute atomic E-state index is 13.0. The second-order valence-corrected chi connectivity index (χ2v) is 7.67. The van der Waals surface area contributed by atoms with Crippen molar-refractivity contribution in [3.05, 3.63) is 76.4 Å². The van der Waals surface area contributed by atoms with Crippen LogP contribution in [0.15, 0.2) is 59.5 Å². The zero-order chi connectivity index (χ0) is 22.2. The van der Waals surface area contributed by atoms with Crippen molar-refractivity contribution in [3.8, 4) is 0 Å². The van der Waals surface area contributed by atoms with Crippen molar-refractivity contribution in [1.29, 1.82) is 0 Å². The van der Waals surface area contributed by atoms with Crippen LogP contribution in [-0.2, 0) is 20.8 Å². The normalized spacial score (nSPS) is 14.7. The fraction of sp³-hybridized carbons (Fsp3) is 0.182. The molecule has 0 atom stereocenters. The number of imide groups is 1. The van der Waals surface area contributed by atoms with E-state index in [1.165, 1.54) is 30.3 Å². The van der Waals surface area contributed by atoms with Crippen LogP contribution in [0.1, 0.15) is 11.1 Å². The van der Waals surface area contributed by atoms with Crippen LogP contribution >= 0.6 is 11.8 Å². The van der Waals surface area contributed by atoms with Crippen molar-refractivity contribution in [2.24, 2.45) is 0 Å². The van der Waals surface area contributed by atoms with Crippen molar-refractivity contribution in [3.63, 3.8) is 0 Å². The molecule has 4 amide bonds. The summed E-state index contributed by atoms with van der Waals surface area (Å²) in [6, 6.07) is 14.7. The zero-order valence-electron chi connectivity index (χ0n) is 16.5. The van der Waals surface area contributed by atoms with E-state index in [2.05, 4.69) is 10.6 Å². The first-order valence-electron chi connectivity index (χ1n) is 9.50. The van der Waals surface area contributed by atoms with Gasteiger partial charge in [0.2, 0.25) is 11.8 Å². The van der Waals surface area contributed by atoms with Crippen LogP contribution in [0.25, 0.3) is 6.08 Å². The third kappa shape index (κ3) is 6.51. The summed E-state index contributed by atoms with van der Waals surface area (Å²) >= 11 is 0.790. The lowest BCUT2D eigenvalue weighted by Crippen LogP contribution is -2.41. The SMILES string of the molecule is O=C(CNC(=O)Cc1ccccc1)NCCN1C(=O)S/C(=C\c2ccc(F)cc2)C1=O. The average molecular weight is 441 g/mol. The van der Waals surface area contributed by atoms with Gasteiger partial charge in [-0.2, -0.15) is 0 Å². The summed E-state index contributed by atoms with van der Waals surface area (Å²) in [4.78, 5) is 49.6. The molecular weight excluding hydrogens is 421 g/mol. The third-order valence-electron chi connectivity index (χ3n) is 4.35. The Morgan fingerprint density at radius 2 is 1.68 bits per heavy atom. The fourth-order valence-electron chi connectivity index (χ4n) is 2.80. The van der Waals surface area contributed by atoms with E-state index in [1.807, 2.05) is 30.3 Å². The van der Waals surface area contributed by atoms with Crippen molar-refractivity contribution >= 4 is 40.8 Å².